The van der Waals surface area contributed by atoms with E-state index in [1.807, 2.05) is 30.3 Å². The van der Waals surface area contributed by atoms with Crippen LogP contribution in [0.3, 0.4) is 0 Å². The number of rotatable bonds is 5. The van der Waals surface area contributed by atoms with Crippen LogP contribution >= 0.6 is 0 Å². The van der Waals surface area contributed by atoms with E-state index in [-0.39, 0.29) is 18.9 Å². The smallest absolute Gasteiger partial charge is 0.222 e. The second kappa shape index (κ2) is 6.16. The summed E-state index contributed by atoms with van der Waals surface area (Å²) < 4.78 is 24.9. The summed E-state index contributed by atoms with van der Waals surface area (Å²) in [5, 5.41) is 2.68. The SMILES string of the molecule is [2H]C([2H])([2H])OCCC(=O)NCc1ccccc1. The molecule has 0 heterocycles. The minimum atomic E-state index is -2.43. The third-order valence-electron chi connectivity index (χ3n) is 1.76. The van der Waals surface area contributed by atoms with Crippen molar-refractivity contribution >= 4 is 5.91 Å². The van der Waals surface area contributed by atoms with E-state index in [0.717, 1.165) is 5.56 Å². The van der Waals surface area contributed by atoms with Crippen molar-refractivity contribution in [3.05, 3.63) is 35.9 Å². The number of carbonyl (C=O) groups excluding carboxylic acids is 1. The Morgan fingerprint density at radius 1 is 1.50 bits per heavy atom. The maximum absolute atomic E-state index is 11.3. The largest absolute Gasteiger partial charge is 0.384 e. The molecule has 3 heteroatoms. The van der Waals surface area contributed by atoms with Crippen LogP contribution in [-0.4, -0.2) is 19.6 Å². The topological polar surface area (TPSA) is 38.3 Å². The first-order valence-corrected chi connectivity index (χ1v) is 4.42. The van der Waals surface area contributed by atoms with Crippen molar-refractivity contribution in [2.24, 2.45) is 0 Å². The Morgan fingerprint density at radius 3 is 3.00 bits per heavy atom. The first-order chi connectivity index (χ1) is 7.97. The van der Waals surface area contributed by atoms with E-state index in [2.05, 4.69) is 10.1 Å². The summed E-state index contributed by atoms with van der Waals surface area (Å²) in [5.41, 5.74) is 0.998. The molecule has 3 nitrogen and oxygen atoms in total. The molecule has 0 spiro atoms. The monoisotopic (exact) mass is 196 g/mol. The molecule has 1 rings (SSSR count). The van der Waals surface area contributed by atoms with Crippen LogP contribution in [0, 0.1) is 0 Å². The van der Waals surface area contributed by atoms with Gasteiger partial charge in [-0.2, -0.15) is 0 Å². The van der Waals surface area contributed by atoms with Gasteiger partial charge >= 0.3 is 0 Å². The van der Waals surface area contributed by atoms with Crippen LogP contribution in [0.25, 0.3) is 0 Å². The molecule has 1 aromatic carbocycles. The fourth-order valence-electron chi connectivity index (χ4n) is 1.03. The minimum absolute atomic E-state index is 0.0468. The predicted octanol–water partition coefficient (Wildman–Crippen LogP) is 1.34. The van der Waals surface area contributed by atoms with Crippen LogP contribution in [0.5, 0.6) is 0 Å². The number of hydrogen-bond donors (Lipinski definition) is 1. The molecule has 0 aliphatic heterocycles. The van der Waals surface area contributed by atoms with Crippen molar-refractivity contribution in [1.29, 1.82) is 0 Å². The summed E-state index contributed by atoms with van der Waals surface area (Å²) in [6, 6.07) is 9.48. The fourth-order valence-corrected chi connectivity index (χ4v) is 1.03. The first-order valence-electron chi connectivity index (χ1n) is 5.92. The van der Waals surface area contributed by atoms with Gasteiger partial charge in [0.25, 0.3) is 0 Å². The number of benzene rings is 1. The van der Waals surface area contributed by atoms with Gasteiger partial charge in [0.2, 0.25) is 5.91 Å². The summed E-state index contributed by atoms with van der Waals surface area (Å²) in [4.78, 5) is 11.3. The molecule has 14 heavy (non-hydrogen) atoms. The van der Waals surface area contributed by atoms with Gasteiger partial charge in [-0.1, -0.05) is 30.3 Å². The molecule has 0 aliphatic rings. The molecule has 1 N–H and O–H groups in total. The van der Waals surface area contributed by atoms with Crippen LogP contribution in [0.2, 0.25) is 0 Å². The van der Waals surface area contributed by atoms with Crippen molar-refractivity contribution in [2.45, 2.75) is 13.0 Å². The van der Waals surface area contributed by atoms with Gasteiger partial charge in [-0.3, -0.25) is 4.79 Å². The predicted molar refractivity (Wildman–Crippen MR) is 54.8 cm³/mol. The molecule has 1 aromatic rings. The Balaban J connectivity index is 2.18. The first kappa shape index (κ1) is 7.01. The standard InChI is InChI=1S/C11H15NO2/c1-14-8-7-11(13)12-9-10-5-3-2-4-6-10/h2-6H,7-9H2,1H3,(H,12,13)/i1D3. The zero-order chi connectivity index (χ0) is 12.7. The Kier molecular flexibility index (Phi) is 3.08. The summed E-state index contributed by atoms with van der Waals surface area (Å²) in [6.45, 7) is 0.338. The Morgan fingerprint density at radius 2 is 2.29 bits per heavy atom. The molecular formula is C11H15NO2. The second-order valence-corrected chi connectivity index (χ2v) is 2.86. The third kappa shape index (κ3) is 4.05. The normalized spacial score (nSPS) is 13.9. The maximum Gasteiger partial charge on any atom is 0.222 e. The molecule has 0 fully saturated rings. The van der Waals surface area contributed by atoms with E-state index >= 15 is 0 Å². The quantitative estimate of drug-likeness (QED) is 0.771. The number of carbonyl (C=O) groups is 1. The van der Waals surface area contributed by atoms with Gasteiger partial charge in [-0.15, -0.1) is 0 Å². The second-order valence-electron chi connectivity index (χ2n) is 2.86. The third-order valence-corrected chi connectivity index (χ3v) is 1.76. The van der Waals surface area contributed by atoms with Gasteiger partial charge in [-0.25, -0.2) is 0 Å². The van der Waals surface area contributed by atoms with Crippen molar-refractivity contribution < 1.29 is 13.6 Å². The van der Waals surface area contributed by atoms with Crippen molar-refractivity contribution in [3.8, 4) is 0 Å². The van der Waals surface area contributed by atoms with Gasteiger partial charge in [-0.05, 0) is 5.56 Å². The van der Waals surface area contributed by atoms with Crippen LogP contribution in [-0.2, 0) is 16.1 Å². The van der Waals surface area contributed by atoms with Gasteiger partial charge in [0.15, 0.2) is 0 Å². The van der Waals surface area contributed by atoms with E-state index in [4.69, 9.17) is 4.11 Å². The Labute approximate surface area is 88.3 Å². The fraction of sp³-hybridized carbons (Fsp3) is 0.364. The van der Waals surface area contributed by atoms with E-state index in [1.54, 1.807) is 0 Å². The Bertz CT molecular complexity index is 351. The summed E-state index contributed by atoms with van der Waals surface area (Å²) in [6.07, 6.45) is 0.0468. The lowest BCUT2D eigenvalue weighted by Gasteiger charge is -2.04. The molecule has 0 saturated heterocycles. The highest BCUT2D eigenvalue weighted by Crippen LogP contribution is 1.97. The van der Waals surface area contributed by atoms with Crippen molar-refractivity contribution in [3.63, 3.8) is 0 Å². The number of amides is 1. The molecule has 0 saturated carbocycles. The van der Waals surface area contributed by atoms with Gasteiger partial charge in [0, 0.05) is 20.0 Å². The van der Waals surface area contributed by atoms with Gasteiger partial charge in [0.1, 0.15) is 0 Å². The molecule has 0 aliphatic carbocycles. The molecule has 0 atom stereocenters. The number of methoxy groups -OCH3 is 1. The van der Waals surface area contributed by atoms with Crippen LogP contribution < -0.4 is 5.32 Å². The average molecular weight is 196 g/mol. The lowest BCUT2D eigenvalue weighted by molar-refractivity contribution is -0.122. The van der Waals surface area contributed by atoms with E-state index in [0.29, 0.717) is 6.54 Å². The summed E-state index contributed by atoms with van der Waals surface area (Å²) in [5.74, 6) is -0.224. The van der Waals surface area contributed by atoms with E-state index in [1.165, 1.54) is 0 Å². The molecule has 0 bridgehead atoms. The van der Waals surface area contributed by atoms with Gasteiger partial charge < -0.3 is 10.1 Å². The zero-order valence-corrected chi connectivity index (χ0v) is 7.82. The van der Waals surface area contributed by atoms with Crippen molar-refractivity contribution in [2.75, 3.05) is 13.6 Å². The van der Waals surface area contributed by atoms with E-state index < -0.39 is 7.04 Å². The zero-order valence-electron chi connectivity index (χ0n) is 10.8. The molecular weight excluding hydrogens is 178 g/mol. The minimum Gasteiger partial charge on any atom is -0.384 e. The highest BCUT2D eigenvalue weighted by Gasteiger charge is 1.99. The van der Waals surface area contributed by atoms with Crippen LogP contribution in [0.4, 0.5) is 0 Å². The van der Waals surface area contributed by atoms with E-state index in [9.17, 15) is 4.79 Å². The average Bonchev–Trinajstić information content (AvgIpc) is 2.26. The Hall–Kier alpha value is -1.35. The number of ether oxygens (including phenoxy) is 1. The maximum atomic E-state index is 11.3. The number of nitrogens with one attached hydrogen (secondary N) is 1. The molecule has 0 unspecified atom stereocenters. The highest BCUT2D eigenvalue weighted by molar-refractivity contribution is 5.75. The molecule has 0 aromatic heterocycles. The summed E-state index contributed by atoms with van der Waals surface area (Å²) in [7, 11) is -2.43. The summed E-state index contributed by atoms with van der Waals surface area (Å²) >= 11 is 0. The van der Waals surface area contributed by atoms with Crippen LogP contribution in [0.1, 0.15) is 16.1 Å². The lowest BCUT2D eigenvalue weighted by Crippen LogP contribution is -2.23. The van der Waals surface area contributed by atoms with Gasteiger partial charge in [0.05, 0.1) is 10.7 Å². The molecule has 1 amide bonds. The lowest BCUT2D eigenvalue weighted by atomic mass is 10.2. The number of hydrogen-bond acceptors (Lipinski definition) is 2. The van der Waals surface area contributed by atoms with Crippen LogP contribution in [0.15, 0.2) is 30.3 Å². The molecule has 0 radical (unpaired) electrons. The highest BCUT2D eigenvalue weighted by atomic mass is 16.5. The molecule has 76 valence electrons. The van der Waals surface area contributed by atoms with Crippen molar-refractivity contribution in [1.82, 2.24) is 5.32 Å².